The van der Waals surface area contributed by atoms with Crippen molar-refractivity contribution >= 4 is 35.8 Å². The molecule has 8 heteroatoms. The molecule has 0 aliphatic heterocycles. The summed E-state index contributed by atoms with van der Waals surface area (Å²) in [4.78, 5) is 18.0. The first-order valence-electron chi connectivity index (χ1n) is 8.48. The Morgan fingerprint density at radius 1 is 1.12 bits per heavy atom. The Bertz CT molecular complexity index is 536. The number of benzene rings is 1. The average Bonchev–Trinajstić information content (AvgIpc) is 2.62. The number of hydrogen-bond acceptors (Lipinski definition) is 4. The molecule has 0 fully saturated rings. The first-order valence-corrected chi connectivity index (χ1v) is 8.48. The van der Waals surface area contributed by atoms with Gasteiger partial charge in [-0.05, 0) is 24.6 Å². The van der Waals surface area contributed by atoms with Gasteiger partial charge in [0.15, 0.2) is 5.96 Å². The second kappa shape index (κ2) is 14.7. The highest BCUT2D eigenvalue weighted by Crippen LogP contribution is 2.07. The molecule has 0 aliphatic carbocycles. The van der Waals surface area contributed by atoms with E-state index in [0.717, 1.165) is 18.1 Å². The third kappa shape index (κ3) is 9.93. The second-order valence-corrected chi connectivity index (χ2v) is 5.62. The van der Waals surface area contributed by atoms with Crippen LogP contribution in [0.5, 0.6) is 0 Å². The Balaban J connectivity index is 0.00000625. The fourth-order valence-electron chi connectivity index (χ4n) is 2.01. The minimum absolute atomic E-state index is 0. The van der Waals surface area contributed by atoms with Crippen molar-refractivity contribution in [2.24, 2.45) is 4.99 Å². The van der Waals surface area contributed by atoms with E-state index in [-0.39, 0.29) is 29.9 Å². The quantitative estimate of drug-likeness (QED) is 0.232. The van der Waals surface area contributed by atoms with Crippen molar-refractivity contribution in [3.63, 3.8) is 0 Å². The van der Waals surface area contributed by atoms with Crippen LogP contribution in [0.1, 0.15) is 22.8 Å². The van der Waals surface area contributed by atoms with Gasteiger partial charge in [0, 0.05) is 39.9 Å². The number of ether oxygens (including phenoxy) is 2. The van der Waals surface area contributed by atoms with E-state index in [0.29, 0.717) is 38.5 Å². The van der Waals surface area contributed by atoms with E-state index < -0.39 is 0 Å². The number of carbonyl (C=O) groups excluding carboxylic acids is 1. The lowest BCUT2D eigenvalue weighted by molar-refractivity contribution is 0.0733. The maximum Gasteiger partial charge on any atom is 0.253 e. The molecule has 0 saturated heterocycles. The molecule has 0 heterocycles. The summed E-state index contributed by atoms with van der Waals surface area (Å²) in [5.74, 6) is 0.741. The molecule has 0 saturated carbocycles. The summed E-state index contributed by atoms with van der Waals surface area (Å²) >= 11 is 0. The Hall–Kier alpha value is -1.39. The molecule has 2 N–H and O–H groups in total. The normalized spacial score (nSPS) is 10.8. The number of halogens is 1. The Kier molecular flexibility index (Phi) is 14.0. The van der Waals surface area contributed by atoms with E-state index in [1.807, 2.05) is 31.2 Å². The SMILES string of the molecule is CCNC(=NCc1ccc(C(=O)N(C)C)cc1)NCCOCCOC.I. The maximum atomic E-state index is 11.9. The minimum atomic E-state index is -0.00136. The molecule has 0 bridgehead atoms. The first kappa shape index (κ1) is 24.6. The number of rotatable bonds is 10. The number of nitrogens with one attached hydrogen (secondary N) is 2. The monoisotopic (exact) mass is 478 g/mol. The molecule has 0 unspecified atom stereocenters. The highest BCUT2D eigenvalue weighted by molar-refractivity contribution is 14.0. The van der Waals surface area contributed by atoms with E-state index >= 15 is 0 Å². The molecular formula is C18H31IN4O3. The van der Waals surface area contributed by atoms with Gasteiger partial charge in [0.2, 0.25) is 0 Å². The summed E-state index contributed by atoms with van der Waals surface area (Å²) in [5.41, 5.74) is 1.72. The highest BCUT2D eigenvalue weighted by atomic mass is 127. The van der Waals surface area contributed by atoms with Crippen LogP contribution in [0, 0.1) is 0 Å². The summed E-state index contributed by atoms with van der Waals surface area (Å²) in [5, 5.41) is 6.42. The van der Waals surface area contributed by atoms with Crippen LogP contribution in [-0.2, 0) is 16.0 Å². The van der Waals surface area contributed by atoms with Gasteiger partial charge in [-0.1, -0.05) is 12.1 Å². The van der Waals surface area contributed by atoms with Gasteiger partial charge in [0.25, 0.3) is 5.91 Å². The number of nitrogens with zero attached hydrogens (tertiary/aromatic N) is 2. The molecule has 0 radical (unpaired) electrons. The zero-order valence-corrected chi connectivity index (χ0v) is 18.4. The van der Waals surface area contributed by atoms with E-state index in [4.69, 9.17) is 9.47 Å². The number of guanidine groups is 1. The van der Waals surface area contributed by atoms with Gasteiger partial charge in [0.05, 0.1) is 26.4 Å². The van der Waals surface area contributed by atoms with Gasteiger partial charge in [-0.2, -0.15) is 0 Å². The van der Waals surface area contributed by atoms with Crippen molar-refractivity contribution in [3.05, 3.63) is 35.4 Å². The summed E-state index contributed by atoms with van der Waals surface area (Å²) in [6.07, 6.45) is 0. The zero-order chi connectivity index (χ0) is 18.5. The molecule has 0 aliphatic rings. The Morgan fingerprint density at radius 3 is 2.38 bits per heavy atom. The van der Waals surface area contributed by atoms with Gasteiger partial charge in [-0.15, -0.1) is 24.0 Å². The number of aliphatic imine (C=N–C) groups is 1. The van der Waals surface area contributed by atoms with E-state index in [1.165, 1.54) is 0 Å². The molecule has 0 atom stereocenters. The average molecular weight is 478 g/mol. The number of hydrogen-bond donors (Lipinski definition) is 2. The van der Waals surface area contributed by atoms with Gasteiger partial charge in [-0.3, -0.25) is 4.79 Å². The summed E-state index contributed by atoms with van der Waals surface area (Å²) in [7, 11) is 5.14. The Labute approximate surface area is 173 Å². The second-order valence-electron chi connectivity index (χ2n) is 5.62. The molecule has 1 aromatic rings. The third-order valence-corrected chi connectivity index (χ3v) is 3.34. The zero-order valence-electron chi connectivity index (χ0n) is 16.1. The first-order chi connectivity index (χ1) is 12.1. The van der Waals surface area contributed by atoms with E-state index in [2.05, 4.69) is 15.6 Å². The smallest absolute Gasteiger partial charge is 0.253 e. The summed E-state index contributed by atoms with van der Waals surface area (Å²) in [6, 6.07) is 7.52. The molecule has 7 nitrogen and oxygen atoms in total. The van der Waals surface area contributed by atoms with Crippen molar-refractivity contribution in [2.75, 3.05) is 54.1 Å². The molecule has 1 amide bonds. The predicted molar refractivity (Wildman–Crippen MR) is 115 cm³/mol. The van der Waals surface area contributed by atoms with Gasteiger partial charge >= 0.3 is 0 Å². The van der Waals surface area contributed by atoms with Crippen LogP contribution in [0.3, 0.4) is 0 Å². The van der Waals surface area contributed by atoms with Crippen molar-refractivity contribution in [2.45, 2.75) is 13.5 Å². The molecule has 148 valence electrons. The van der Waals surface area contributed by atoms with Crippen molar-refractivity contribution in [1.29, 1.82) is 0 Å². The lowest BCUT2D eigenvalue weighted by Gasteiger charge is -2.12. The topological polar surface area (TPSA) is 75.2 Å². The van der Waals surface area contributed by atoms with Crippen LogP contribution in [0.2, 0.25) is 0 Å². The van der Waals surface area contributed by atoms with Crippen LogP contribution in [0.25, 0.3) is 0 Å². The standard InChI is InChI=1S/C18H30N4O3.HI/c1-5-19-18(20-10-11-25-13-12-24-4)21-14-15-6-8-16(9-7-15)17(23)22(2)3;/h6-9H,5,10-14H2,1-4H3,(H2,19,20,21);1H. The Morgan fingerprint density at radius 2 is 1.81 bits per heavy atom. The highest BCUT2D eigenvalue weighted by Gasteiger charge is 2.07. The van der Waals surface area contributed by atoms with Crippen LogP contribution in [0.4, 0.5) is 0 Å². The van der Waals surface area contributed by atoms with Crippen LogP contribution in [0.15, 0.2) is 29.3 Å². The van der Waals surface area contributed by atoms with Gasteiger partial charge in [0.1, 0.15) is 0 Å². The van der Waals surface area contributed by atoms with Crippen molar-refractivity contribution in [3.8, 4) is 0 Å². The molecule has 0 spiro atoms. The van der Waals surface area contributed by atoms with Crippen LogP contribution < -0.4 is 10.6 Å². The molecule has 1 rings (SSSR count). The lowest BCUT2D eigenvalue weighted by atomic mass is 10.1. The van der Waals surface area contributed by atoms with E-state index in [9.17, 15) is 4.79 Å². The third-order valence-electron chi connectivity index (χ3n) is 3.34. The number of amides is 1. The van der Waals surface area contributed by atoms with Crippen LogP contribution in [-0.4, -0.2) is 70.9 Å². The summed E-state index contributed by atoms with van der Waals surface area (Å²) in [6.45, 7) is 5.79. The fourth-order valence-corrected chi connectivity index (χ4v) is 2.01. The fraction of sp³-hybridized carbons (Fsp3) is 0.556. The molecule has 26 heavy (non-hydrogen) atoms. The van der Waals surface area contributed by atoms with Crippen LogP contribution >= 0.6 is 24.0 Å². The molecular weight excluding hydrogens is 447 g/mol. The van der Waals surface area contributed by atoms with Crippen molar-refractivity contribution in [1.82, 2.24) is 15.5 Å². The van der Waals surface area contributed by atoms with Crippen molar-refractivity contribution < 1.29 is 14.3 Å². The van der Waals surface area contributed by atoms with Gasteiger partial charge < -0.3 is 25.0 Å². The summed E-state index contributed by atoms with van der Waals surface area (Å²) < 4.78 is 10.3. The minimum Gasteiger partial charge on any atom is -0.382 e. The largest absolute Gasteiger partial charge is 0.382 e. The maximum absolute atomic E-state index is 11.9. The number of carbonyl (C=O) groups is 1. The predicted octanol–water partition coefficient (Wildman–Crippen LogP) is 1.72. The van der Waals surface area contributed by atoms with Gasteiger partial charge in [-0.25, -0.2) is 4.99 Å². The number of methoxy groups -OCH3 is 1. The lowest BCUT2D eigenvalue weighted by Crippen LogP contribution is -2.39. The molecule has 1 aromatic carbocycles. The molecule has 0 aromatic heterocycles. The van der Waals surface area contributed by atoms with E-state index in [1.54, 1.807) is 26.1 Å².